The number of alkyl halides is 2. The van der Waals surface area contributed by atoms with E-state index >= 15 is 0 Å². The summed E-state index contributed by atoms with van der Waals surface area (Å²) < 4.78 is 24.5. The van der Waals surface area contributed by atoms with Gasteiger partial charge in [-0.05, 0) is 0 Å². The minimum absolute atomic E-state index is 0.0291. The summed E-state index contributed by atoms with van der Waals surface area (Å²) in [5, 5.41) is 17.2. The van der Waals surface area contributed by atoms with E-state index in [0.29, 0.717) is 0 Å². The molecule has 1 aliphatic heterocycles. The number of aliphatic carboxylic acids is 1. The monoisotopic (exact) mass is 266 g/mol. The highest BCUT2D eigenvalue weighted by molar-refractivity contribution is 5.76. The SMILES string of the molecule is O=C(O)CC1CN(C(=O)N(CCO)CC(F)F)C1. The maximum atomic E-state index is 12.2. The molecule has 2 N–H and O–H groups in total. The summed E-state index contributed by atoms with van der Waals surface area (Å²) in [5.74, 6) is -1.05. The summed E-state index contributed by atoms with van der Waals surface area (Å²) in [5.41, 5.74) is 0. The van der Waals surface area contributed by atoms with Crippen molar-refractivity contribution in [3.05, 3.63) is 0 Å². The van der Waals surface area contributed by atoms with E-state index in [1.165, 1.54) is 4.90 Å². The number of aliphatic hydroxyl groups is 1. The summed E-state index contributed by atoms with van der Waals surface area (Å²) >= 11 is 0. The number of aliphatic hydroxyl groups excluding tert-OH is 1. The molecule has 18 heavy (non-hydrogen) atoms. The van der Waals surface area contributed by atoms with Gasteiger partial charge in [0, 0.05) is 25.6 Å². The fourth-order valence-corrected chi connectivity index (χ4v) is 1.85. The van der Waals surface area contributed by atoms with Crippen LogP contribution in [0.3, 0.4) is 0 Å². The molecule has 0 bridgehead atoms. The molecule has 6 nitrogen and oxygen atoms in total. The van der Waals surface area contributed by atoms with Crippen molar-refractivity contribution in [1.29, 1.82) is 0 Å². The van der Waals surface area contributed by atoms with Gasteiger partial charge < -0.3 is 20.0 Å². The van der Waals surface area contributed by atoms with E-state index in [2.05, 4.69) is 0 Å². The number of amides is 2. The topological polar surface area (TPSA) is 81.1 Å². The number of carboxylic acids is 1. The van der Waals surface area contributed by atoms with E-state index < -0.39 is 25.0 Å². The number of halogens is 2. The summed E-state index contributed by atoms with van der Waals surface area (Å²) in [6.45, 7) is -0.736. The first kappa shape index (κ1) is 14.6. The van der Waals surface area contributed by atoms with E-state index in [1.807, 2.05) is 0 Å². The average molecular weight is 266 g/mol. The van der Waals surface area contributed by atoms with Gasteiger partial charge in [-0.1, -0.05) is 0 Å². The van der Waals surface area contributed by atoms with Crippen LogP contribution in [0.5, 0.6) is 0 Å². The number of hydrogen-bond donors (Lipinski definition) is 2. The third kappa shape index (κ3) is 4.10. The van der Waals surface area contributed by atoms with Crippen molar-refractivity contribution in [1.82, 2.24) is 9.80 Å². The molecule has 0 aromatic heterocycles. The maximum Gasteiger partial charge on any atom is 0.320 e. The molecule has 0 aromatic carbocycles. The number of nitrogens with zero attached hydrogens (tertiary/aromatic N) is 2. The molecular formula is C10H16F2N2O4. The van der Waals surface area contributed by atoms with Crippen molar-refractivity contribution in [3.63, 3.8) is 0 Å². The fourth-order valence-electron chi connectivity index (χ4n) is 1.85. The Morgan fingerprint density at radius 3 is 2.44 bits per heavy atom. The minimum Gasteiger partial charge on any atom is -0.481 e. The van der Waals surface area contributed by atoms with Crippen LogP contribution >= 0.6 is 0 Å². The standard InChI is InChI=1S/C10H16F2N2O4/c11-8(12)6-13(1-2-15)10(18)14-4-7(5-14)3-9(16)17/h7-8,15H,1-6H2,(H,16,17). The third-order valence-electron chi connectivity index (χ3n) is 2.69. The smallest absolute Gasteiger partial charge is 0.320 e. The molecule has 0 atom stereocenters. The van der Waals surface area contributed by atoms with Gasteiger partial charge in [0.1, 0.15) is 0 Å². The predicted octanol–water partition coefficient (Wildman–Crippen LogP) is 0.0723. The summed E-state index contributed by atoms with van der Waals surface area (Å²) in [6.07, 6.45) is -2.69. The van der Waals surface area contributed by atoms with Crippen LogP contribution in [0, 0.1) is 5.92 Å². The Hall–Kier alpha value is -1.44. The molecule has 1 aliphatic rings. The van der Waals surface area contributed by atoms with Gasteiger partial charge >= 0.3 is 12.0 Å². The molecule has 1 fully saturated rings. The van der Waals surface area contributed by atoms with Crippen LogP contribution in [-0.4, -0.2) is 71.2 Å². The number of carbonyl (C=O) groups excluding carboxylic acids is 1. The Balaban J connectivity index is 2.41. The van der Waals surface area contributed by atoms with Gasteiger partial charge in [0.15, 0.2) is 0 Å². The first-order chi connectivity index (χ1) is 8.43. The van der Waals surface area contributed by atoms with Gasteiger partial charge in [-0.15, -0.1) is 0 Å². The molecule has 0 aliphatic carbocycles. The van der Waals surface area contributed by atoms with Crippen molar-refractivity contribution in [3.8, 4) is 0 Å². The van der Waals surface area contributed by atoms with Crippen molar-refractivity contribution in [2.45, 2.75) is 12.8 Å². The lowest BCUT2D eigenvalue weighted by molar-refractivity contribution is -0.139. The Bertz CT molecular complexity index is 308. The largest absolute Gasteiger partial charge is 0.481 e. The average Bonchev–Trinajstić information content (AvgIpc) is 2.20. The lowest BCUT2D eigenvalue weighted by Crippen LogP contribution is -2.56. The predicted molar refractivity (Wildman–Crippen MR) is 57.4 cm³/mol. The summed E-state index contributed by atoms with van der Waals surface area (Å²) in [4.78, 5) is 24.3. The van der Waals surface area contributed by atoms with Gasteiger partial charge in [-0.3, -0.25) is 4.79 Å². The Morgan fingerprint density at radius 1 is 1.39 bits per heavy atom. The first-order valence-electron chi connectivity index (χ1n) is 5.58. The van der Waals surface area contributed by atoms with E-state index in [-0.39, 0.29) is 38.6 Å². The van der Waals surface area contributed by atoms with Crippen LogP contribution in [0.4, 0.5) is 13.6 Å². The Kier molecular flexibility index (Phi) is 5.26. The number of urea groups is 1. The maximum absolute atomic E-state index is 12.2. The van der Waals surface area contributed by atoms with E-state index in [0.717, 1.165) is 4.90 Å². The number of hydrogen-bond acceptors (Lipinski definition) is 3. The molecule has 1 heterocycles. The van der Waals surface area contributed by atoms with Gasteiger partial charge in [-0.25, -0.2) is 13.6 Å². The molecule has 0 radical (unpaired) electrons. The highest BCUT2D eigenvalue weighted by Gasteiger charge is 2.34. The van der Waals surface area contributed by atoms with Crippen LogP contribution in [-0.2, 0) is 4.79 Å². The van der Waals surface area contributed by atoms with Gasteiger partial charge in [0.25, 0.3) is 6.43 Å². The molecule has 1 saturated heterocycles. The minimum atomic E-state index is -2.66. The summed E-state index contributed by atoms with van der Waals surface area (Å²) in [6, 6.07) is -0.578. The zero-order valence-electron chi connectivity index (χ0n) is 9.76. The van der Waals surface area contributed by atoms with Crippen molar-refractivity contribution in [2.75, 3.05) is 32.8 Å². The van der Waals surface area contributed by atoms with E-state index in [4.69, 9.17) is 10.2 Å². The van der Waals surface area contributed by atoms with Crippen LogP contribution in [0.25, 0.3) is 0 Å². The normalized spacial score (nSPS) is 15.7. The number of carbonyl (C=O) groups is 2. The molecule has 8 heteroatoms. The van der Waals surface area contributed by atoms with Crippen LogP contribution in [0.1, 0.15) is 6.42 Å². The third-order valence-corrected chi connectivity index (χ3v) is 2.69. The summed E-state index contributed by atoms with van der Waals surface area (Å²) in [7, 11) is 0. The zero-order chi connectivity index (χ0) is 13.7. The second-order valence-electron chi connectivity index (χ2n) is 4.21. The second kappa shape index (κ2) is 6.48. The number of rotatable bonds is 6. The van der Waals surface area contributed by atoms with Gasteiger partial charge in [0.2, 0.25) is 0 Å². The first-order valence-corrected chi connectivity index (χ1v) is 5.58. The van der Waals surface area contributed by atoms with Crippen molar-refractivity contribution in [2.24, 2.45) is 5.92 Å². The Labute approximate surface area is 103 Å². The number of carboxylic acid groups (broad SMARTS) is 1. The van der Waals surface area contributed by atoms with Crippen molar-refractivity contribution < 1.29 is 28.6 Å². The zero-order valence-corrected chi connectivity index (χ0v) is 9.76. The van der Waals surface area contributed by atoms with Crippen LogP contribution < -0.4 is 0 Å². The quantitative estimate of drug-likeness (QED) is 0.713. The van der Waals surface area contributed by atoms with Crippen LogP contribution in [0.2, 0.25) is 0 Å². The lowest BCUT2D eigenvalue weighted by atomic mass is 9.97. The van der Waals surface area contributed by atoms with Crippen LogP contribution in [0.15, 0.2) is 0 Å². The lowest BCUT2D eigenvalue weighted by Gasteiger charge is -2.41. The van der Waals surface area contributed by atoms with E-state index in [9.17, 15) is 18.4 Å². The second-order valence-corrected chi connectivity index (χ2v) is 4.21. The molecule has 0 unspecified atom stereocenters. The molecule has 1 rings (SSSR count). The van der Waals surface area contributed by atoms with Crippen molar-refractivity contribution >= 4 is 12.0 Å². The molecule has 0 saturated carbocycles. The molecule has 104 valence electrons. The highest BCUT2D eigenvalue weighted by Crippen LogP contribution is 2.20. The molecule has 0 aromatic rings. The Morgan fingerprint density at radius 2 is 2.00 bits per heavy atom. The number of likely N-dealkylation sites (tertiary alicyclic amines) is 1. The molecular weight excluding hydrogens is 250 g/mol. The fraction of sp³-hybridized carbons (Fsp3) is 0.800. The van der Waals surface area contributed by atoms with Gasteiger partial charge in [0.05, 0.1) is 19.6 Å². The van der Waals surface area contributed by atoms with E-state index in [1.54, 1.807) is 0 Å². The highest BCUT2D eigenvalue weighted by atomic mass is 19.3. The van der Waals surface area contributed by atoms with Gasteiger partial charge in [-0.2, -0.15) is 0 Å². The molecule has 2 amide bonds. The molecule has 0 spiro atoms.